The second-order valence-electron chi connectivity index (χ2n) is 9.54. The summed E-state index contributed by atoms with van der Waals surface area (Å²) in [4.78, 5) is 11.5. The molecule has 0 aliphatic heterocycles. The van der Waals surface area contributed by atoms with E-state index in [0.717, 1.165) is 26.1 Å². The summed E-state index contributed by atoms with van der Waals surface area (Å²) < 4.78 is 21.1. The van der Waals surface area contributed by atoms with Crippen LogP contribution in [0.5, 0.6) is 0 Å². The van der Waals surface area contributed by atoms with Crippen LogP contribution in [0.3, 0.4) is 0 Å². The van der Waals surface area contributed by atoms with Gasteiger partial charge in [-0.15, -0.1) is 0 Å². The largest absolute Gasteiger partial charge is 0.508 e. The number of hydrogen-bond acceptors (Lipinski definition) is 5. The predicted octanol–water partition coefficient (Wildman–Crippen LogP) is 9.01. The van der Waals surface area contributed by atoms with Gasteiger partial charge in [0.1, 0.15) is 13.2 Å². The molecule has 0 spiro atoms. The molecule has 0 saturated heterocycles. The van der Waals surface area contributed by atoms with Gasteiger partial charge in [0.25, 0.3) is 0 Å². The van der Waals surface area contributed by atoms with Gasteiger partial charge in [0, 0.05) is 13.2 Å². The smallest absolute Gasteiger partial charge is 0.432 e. The highest BCUT2D eigenvalue weighted by Gasteiger charge is 2.03. The first-order valence-electron chi connectivity index (χ1n) is 14.8. The molecule has 0 aliphatic carbocycles. The van der Waals surface area contributed by atoms with Gasteiger partial charge in [-0.2, -0.15) is 0 Å². The minimum absolute atomic E-state index is 0.246. The highest BCUT2D eigenvalue weighted by Crippen LogP contribution is 2.11. The highest BCUT2D eigenvalue weighted by atomic mass is 16.7. The van der Waals surface area contributed by atoms with Crippen molar-refractivity contribution in [1.82, 2.24) is 0 Å². The Morgan fingerprint density at radius 2 is 0.676 bits per heavy atom. The van der Waals surface area contributed by atoms with Gasteiger partial charge < -0.3 is 18.9 Å². The standard InChI is InChI=1S/C29H58O5/c1-3-5-7-9-11-13-15-17-19-21-23-31-25-27-33-29(30)34-28-26-32-24-22-20-18-16-14-12-10-8-6-4-2/h3-28H2,1-2H3. The maximum atomic E-state index is 11.5. The minimum Gasteiger partial charge on any atom is -0.432 e. The molecule has 34 heavy (non-hydrogen) atoms. The monoisotopic (exact) mass is 486 g/mol. The van der Waals surface area contributed by atoms with Gasteiger partial charge in [-0.05, 0) is 12.8 Å². The Hall–Kier alpha value is -0.810. The van der Waals surface area contributed by atoms with Crippen LogP contribution in [0, 0.1) is 0 Å². The Morgan fingerprint density at radius 3 is 1.00 bits per heavy atom. The molecule has 0 aromatic carbocycles. The first-order valence-corrected chi connectivity index (χ1v) is 14.8. The van der Waals surface area contributed by atoms with E-state index in [1.807, 2.05) is 0 Å². The summed E-state index contributed by atoms with van der Waals surface area (Å²) in [5.41, 5.74) is 0. The number of carbonyl (C=O) groups is 1. The lowest BCUT2D eigenvalue weighted by Gasteiger charge is -2.08. The summed E-state index contributed by atoms with van der Waals surface area (Å²) in [5.74, 6) is 0. The summed E-state index contributed by atoms with van der Waals surface area (Å²) in [6.07, 6.45) is 25.7. The number of hydrogen-bond donors (Lipinski definition) is 0. The predicted molar refractivity (Wildman–Crippen MR) is 143 cm³/mol. The van der Waals surface area contributed by atoms with Crippen molar-refractivity contribution >= 4 is 6.16 Å². The van der Waals surface area contributed by atoms with Crippen LogP contribution in [0.2, 0.25) is 0 Å². The van der Waals surface area contributed by atoms with E-state index in [-0.39, 0.29) is 13.2 Å². The molecule has 0 saturated carbocycles. The molecule has 0 atom stereocenters. The summed E-state index contributed by atoms with van der Waals surface area (Å²) in [5, 5.41) is 0. The van der Waals surface area contributed by atoms with Gasteiger partial charge in [-0.3, -0.25) is 0 Å². The zero-order valence-electron chi connectivity index (χ0n) is 22.9. The number of ether oxygens (including phenoxy) is 4. The molecule has 0 radical (unpaired) electrons. The fourth-order valence-electron chi connectivity index (χ4n) is 4.00. The number of unbranched alkanes of at least 4 members (excludes halogenated alkanes) is 18. The summed E-state index contributed by atoms with van der Waals surface area (Å²) in [6.45, 7) is 7.35. The van der Waals surface area contributed by atoms with Crippen LogP contribution in [0.1, 0.15) is 142 Å². The lowest BCUT2D eigenvalue weighted by atomic mass is 10.1. The lowest BCUT2D eigenvalue weighted by molar-refractivity contribution is 0.0101. The van der Waals surface area contributed by atoms with Crippen molar-refractivity contribution in [3.05, 3.63) is 0 Å². The third kappa shape index (κ3) is 29.2. The Kier molecular flexibility index (Phi) is 29.5. The van der Waals surface area contributed by atoms with Gasteiger partial charge >= 0.3 is 6.16 Å². The Morgan fingerprint density at radius 1 is 0.382 bits per heavy atom. The first kappa shape index (κ1) is 33.2. The number of rotatable bonds is 28. The van der Waals surface area contributed by atoms with Crippen LogP contribution in [-0.4, -0.2) is 45.8 Å². The van der Waals surface area contributed by atoms with Crippen LogP contribution >= 0.6 is 0 Å². The van der Waals surface area contributed by atoms with Crippen molar-refractivity contribution in [3.8, 4) is 0 Å². The fourth-order valence-corrected chi connectivity index (χ4v) is 4.00. The molecule has 204 valence electrons. The molecule has 5 nitrogen and oxygen atoms in total. The molecule has 0 amide bonds. The van der Waals surface area contributed by atoms with Gasteiger partial charge in [0.2, 0.25) is 0 Å². The maximum Gasteiger partial charge on any atom is 0.508 e. The molecule has 0 heterocycles. The average Bonchev–Trinajstić information content (AvgIpc) is 2.84. The highest BCUT2D eigenvalue weighted by molar-refractivity contribution is 5.59. The zero-order valence-corrected chi connectivity index (χ0v) is 22.9. The van der Waals surface area contributed by atoms with Crippen LogP contribution in [-0.2, 0) is 18.9 Å². The van der Waals surface area contributed by atoms with Crippen LogP contribution in [0.15, 0.2) is 0 Å². The van der Waals surface area contributed by atoms with Crippen LogP contribution in [0.4, 0.5) is 4.79 Å². The van der Waals surface area contributed by atoms with Gasteiger partial charge in [-0.1, -0.05) is 129 Å². The molecule has 0 rings (SSSR count). The first-order chi connectivity index (χ1) is 16.8. The van der Waals surface area contributed by atoms with E-state index in [4.69, 9.17) is 18.9 Å². The van der Waals surface area contributed by atoms with Gasteiger partial charge in [0.15, 0.2) is 0 Å². The molecule has 5 heteroatoms. The Labute approximate surface area is 212 Å². The normalized spacial score (nSPS) is 11.1. The van der Waals surface area contributed by atoms with Crippen molar-refractivity contribution in [3.63, 3.8) is 0 Å². The van der Waals surface area contributed by atoms with Crippen molar-refractivity contribution < 1.29 is 23.7 Å². The quantitative estimate of drug-likeness (QED) is 0.0815. The molecule has 0 aromatic rings. The van der Waals surface area contributed by atoms with E-state index in [1.165, 1.54) is 116 Å². The molecule has 0 N–H and O–H groups in total. The van der Waals surface area contributed by atoms with Crippen molar-refractivity contribution in [2.24, 2.45) is 0 Å². The number of carbonyl (C=O) groups excluding carboxylic acids is 1. The van der Waals surface area contributed by atoms with Crippen molar-refractivity contribution in [1.29, 1.82) is 0 Å². The minimum atomic E-state index is -0.634. The summed E-state index contributed by atoms with van der Waals surface area (Å²) >= 11 is 0. The summed E-state index contributed by atoms with van der Waals surface area (Å²) in [7, 11) is 0. The molecule has 0 bridgehead atoms. The van der Waals surface area contributed by atoms with E-state index >= 15 is 0 Å². The van der Waals surface area contributed by atoms with E-state index in [2.05, 4.69) is 13.8 Å². The lowest BCUT2D eigenvalue weighted by Crippen LogP contribution is -2.15. The molecule has 0 aliphatic rings. The van der Waals surface area contributed by atoms with E-state index in [1.54, 1.807) is 0 Å². The van der Waals surface area contributed by atoms with Crippen LogP contribution < -0.4 is 0 Å². The molecule has 0 aromatic heterocycles. The average molecular weight is 487 g/mol. The fraction of sp³-hybridized carbons (Fsp3) is 0.966. The second kappa shape index (κ2) is 30.2. The Bertz CT molecular complexity index is 355. The topological polar surface area (TPSA) is 54.0 Å². The van der Waals surface area contributed by atoms with Gasteiger partial charge in [0.05, 0.1) is 13.2 Å². The zero-order chi connectivity index (χ0) is 24.8. The van der Waals surface area contributed by atoms with E-state index in [0.29, 0.717) is 13.2 Å². The molecular weight excluding hydrogens is 428 g/mol. The third-order valence-electron chi connectivity index (χ3n) is 6.18. The van der Waals surface area contributed by atoms with Crippen molar-refractivity contribution in [2.45, 2.75) is 142 Å². The molecular formula is C29H58O5. The van der Waals surface area contributed by atoms with Gasteiger partial charge in [-0.25, -0.2) is 4.79 Å². The third-order valence-corrected chi connectivity index (χ3v) is 6.18. The SMILES string of the molecule is CCCCCCCCCCCCOCCOC(=O)OCCOCCCCCCCCCCCC. The summed E-state index contributed by atoms with van der Waals surface area (Å²) in [6, 6.07) is 0. The van der Waals surface area contributed by atoms with E-state index < -0.39 is 6.16 Å². The van der Waals surface area contributed by atoms with Crippen LogP contribution in [0.25, 0.3) is 0 Å². The van der Waals surface area contributed by atoms with Crippen molar-refractivity contribution in [2.75, 3.05) is 39.6 Å². The second-order valence-corrected chi connectivity index (χ2v) is 9.54. The molecule has 0 fully saturated rings. The Balaban J connectivity index is 3.14. The maximum absolute atomic E-state index is 11.5. The molecule has 0 unspecified atom stereocenters. The van der Waals surface area contributed by atoms with E-state index in [9.17, 15) is 4.79 Å².